The van der Waals surface area contributed by atoms with Crippen LogP contribution >= 0.6 is 0 Å². The summed E-state index contributed by atoms with van der Waals surface area (Å²) in [5.41, 5.74) is 0.147. The second-order valence-electron chi connectivity index (χ2n) is 7.46. The fourth-order valence-corrected chi connectivity index (χ4v) is 5.04. The Bertz CT molecular complexity index is 985. The minimum atomic E-state index is -4.62. The van der Waals surface area contributed by atoms with Crippen LogP contribution in [0.2, 0.25) is 0 Å². The van der Waals surface area contributed by atoms with Crippen LogP contribution in [0.25, 0.3) is 0 Å². The molecular formula is C22H24F3NO4S. The summed E-state index contributed by atoms with van der Waals surface area (Å²) < 4.78 is 70.6. The molecule has 0 atom stereocenters. The van der Waals surface area contributed by atoms with Crippen molar-refractivity contribution in [1.82, 2.24) is 4.31 Å². The standard InChI is InChI=1S/C22H24F3NO4S/c23-22(24,25)19-9-4-10-20(16-19)31(28,29)26-13-11-18(12-14-26)21(27)30-15-5-8-17-6-2-1-3-7-17/h1-4,6-7,9-10,16,18H,5,8,11-15H2. The first-order valence-electron chi connectivity index (χ1n) is 10.1. The minimum Gasteiger partial charge on any atom is -0.465 e. The SMILES string of the molecule is O=C(OCCCc1ccccc1)C1CCN(S(=O)(=O)c2cccc(C(F)(F)F)c2)CC1. The Morgan fingerprint density at radius 1 is 1.03 bits per heavy atom. The van der Waals surface area contributed by atoms with Gasteiger partial charge in [0.1, 0.15) is 0 Å². The molecule has 1 saturated heterocycles. The Morgan fingerprint density at radius 2 is 1.71 bits per heavy atom. The number of aryl methyl sites for hydroxylation is 1. The number of benzene rings is 2. The highest BCUT2D eigenvalue weighted by atomic mass is 32.2. The molecule has 3 rings (SSSR count). The molecule has 0 bridgehead atoms. The van der Waals surface area contributed by atoms with Crippen molar-refractivity contribution in [3.63, 3.8) is 0 Å². The van der Waals surface area contributed by atoms with E-state index in [1.807, 2.05) is 30.3 Å². The number of hydrogen-bond donors (Lipinski definition) is 0. The summed E-state index contributed by atoms with van der Waals surface area (Å²) in [5.74, 6) is -0.770. The van der Waals surface area contributed by atoms with Gasteiger partial charge in [-0.25, -0.2) is 8.42 Å². The summed E-state index contributed by atoms with van der Waals surface area (Å²) in [4.78, 5) is 11.9. The van der Waals surface area contributed by atoms with Crippen molar-refractivity contribution in [3.05, 3.63) is 65.7 Å². The van der Waals surface area contributed by atoms with Crippen molar-refractivity contribution >= 4 is 16.0 Å². The molecule has 0 aliphatic carbocycles. The van der Waals surface area contributed by atoms with Gasteiger partial charge in [0, 0.05) is 13.1 Å². The highest BCUT2D eigenvalue weighted by Gasteiger charge is 2.35. The van der Waals surface area contributed by atoms with Crippen LogP contribution in [0.4, 0.5) is 13.2 Å². The number of halogens is 3. The summed E-state index contributed by atoms with van der Waals surface area (Å²) in [6, 6.07) is 13.5. The maximum Gasteiger partial charge on any atom is 0.416 e. The lowest BCUT2D eigenvalue weighted by molar-refractivity contribution is -0.150. The maximum absolute atomic E-state index is 12.9. The van der Waals surface area contributed by atoms with Gasteiger partial charge in [-0.3, -0.25) is 4.79 Å². The molecule has 0 aromatic heterocycles. The van der Waals surface area contributed by atoms with Crippen LogP contribution in [0.15, 0.2) is 59.5 Å². The number of ether oxygens (including phenoxy) is 1. The number of nitrogens with zero attached hydrogens (tertiary/aromatic N) is 1. The van der Waals surface area contributed by atoms with E-state index >= 15 is 0 Å². The van der Waals surface area contributed by atoms with Gasteiger partial charge in [0.05, 0.1) is 23.0 Å². The normalized spacial score (nSPS) is 16.2. The molecule has 31 heavy (non-hydrogen) atoms. The van der Waals surface area contributed by atoms with Gasteiger partial charge in [-0.1, -0.05) is 36.4 Å². The average molecular weight is 455 g/mol. The van der Waals surface area contributed by atoms with Crippen LogP contribution in [0.1, 0.15) is 30.4 Å². The zero-order chi connectivity index (χ0) is 22.5. The molecule has 1 aliphatic rings. The predicted molar refractivity (Wildman–Crippen MR) is 109 cm³/mol. The van der Waals surface area contributed by atoms with Crippen LogP contribution in [0.3, 0.4) is 0 Å². The van der Waals surface area contributed by atoms with Gasteiger partial charge >= 0.3 is 12.1 Å². The maximum atomic E-state index is 12.9. The Balaban J connectivity index is 1.50. The summed E-state index contributed by atoms with van der Waals surface area (Å²) in [7, 11) is -4.06. The van der Waals surface area contributed by atoms with Crippen LogP contribution in [0.5, 0.6) is 0 Å². The van der Waals surface area contributed by atoms with Gasteiger partial charge in [0.15, 0.2) is 0 Å². The lowest BCUT2D eigenvalue weighted by Crippen LogP contribution is -2.40. The van der Waals surface area contributed by atoms with Crippen molar-refractivity contribution in [1.29, 1.82) is 0 Å². The van der Waals surface area contributed by atoms with Gasteiger partial charge in [0.2, 0.25) is 10.0 Å². The highest BCUT2D eigenvalue weighted by Crippen LogP contribution is 2.32. The van der Waals surface area contributed by atoms with E-state index in [0.717, 1.165) is 34.5 Å². The number of alkyl halides is 3. The fourth-order valence-electron chi connectivity index (χ4n) is 3.53. The van der Waals surface area contributed by atoms with Gasteiger partial charge in [-0.2, -0.15) is 17.5 Å². The van der Waals surface area contributed by atoms with E-state index in [1.54, 1.807) is 0 Å². The minimum absolute atomic E-state index is 0.0579. The van der Waals surface area contributed by atoms with E-state index in [2.05, 4.69) is 0 Å². The van der Waals surface area contributed by atoms with Crippen molar-refractivity contribution in [3.8, 4) is 0 Å². The van der Waals surface area contributed by atoms with E-state index < -0.39 is 32.6 Å². The van der Waals surface area contributed by atoms with E-state index in [4.69, 9.17) is 4.74 Å². The Hall–Kier alpha value is -2.39. The third-order valence-corrected chi connectivity index (χ3v) is 7.18. The van der Waals surface area contributed by atoms with Crippen molar-refractivity contribution in [2.45, 2.75) is 36.8 Å². The van der Waals surface area contributed by atoms with Crippen LogP contribution in [-0.2, 0) is 32.2 Å². The van der Waals surface area contributed by atoms with Crippen LogP contribution in [-0.4, -0.2) is 38.4 Å². The lowest BCUT2D eigenvalue weighted by Gasteiger charge is -2.30. The molecule has 1 heterocycles. The Morgan fingerprint density at radius 3 is 2.35 bits per heavy atom. The molecule has 0 saturated carbocycles. The molecule has 2 aromatic rings. The number of sulfonamides is 1. The van der Waals surface area contributed by atoms with Gasteiger partial charge in [-0.15, -0.1) is 0 Å². The summed E-state index contributed by atoms with van der Waals surface area (Å²) in [6.07, 6.45) is -2.59. The third-order valence-electron chi connectivity index (χ3n) is 5.28. The van der Waals surface area contributed by atoms with E-state index in [1.165, 1.54) is 0 Å². The van der Waals surface area contributed by atoms with E-state index in [9.17, 15) is 26.4 Å². The number of hydrogen-bond acceptors (Lipinski definition) is 4. The third kappa shape index (κ3) is 6.07. The number of rotatable bonds is 7. The number of carbonyl (C=O) groups is 1. The second-order valence-corrected chi connectivity index (χ2v) is 9.40. The molecule has 168 valence electrons. The molecule has 0 amide bonds. The molecule has 1 fully saturated rings. The largest absolute Gasteiger partial charge is 0.465 e. The first-order valence-corrected chi connectivity index (χ1v) is 11.5. The molecular weight excluding hydrogens is 431 g/mol. The predicted octanol–water partition coefficient (Wildman–Crippen LogP) is 4.28. The number of carbonyl (C=O) groups excluding carboxylic acids is 1. The molecule has 0 radical (unpaired) electrons. The van der Waals surface area contributed by atoms with E-state index in [-0.39, 0.29) is 38.5 Å². The van der Waals surface area contributed by atoms with Gasteiger partial charge in [0.25, 0.3) is 0 Å². The molecule has 1 aliphatic heterocycles. The molecule has 0 unspecified atom stereocenters. The smallest absolute Gasteiger partial charge is 0.416 e. The summed E-state index contributed by atoms with van der Waals surface area (Å²) in [6.45, 7) is 0.404. The lowest BCUT2D eigenvalue weighted by atomic mass is 9.98. The van der Waals surface area contributed by atoms with Crippen molar-refractivity contribution in [2.24, 2.45) is 5.92 Å². The molecule has 5 nitrogen and oxygen atoms in total. The molecule has 0 N–H and O–H groups in total. The van der Waals surface area contributed by atoms with Crippen molar-refractivity contribution < 1.29 is 31.1 Å². The zero-order valence-corrected chi connectivity index (χ0v) is 17.7. The zero-order valence-electron chi connectivity index (χ0n) is 16.8. The fraction of sp³-hybridized carbons (Fsp3) is 0.409. The topological polar surface area (TPSA) is 63.7 Å². The quantitative estimate of drug-likeness (QED) is 0.462. The van der Waals surface area contributed by atoms with Crippen molar-refractivity contribution in [2.75, 3.05) is 19.7 Å². The van der Waals surface area contributed by atoms with Crippen LogP contribution in [0, 0.1) is 5.92 Å². The average Bonchev–Trinajstić information content (AvgIpc) is 2.77. The first kappa shape index (κ1) is 23.3. The van der Waals surface area contributed by atoms with Gasteiger partial charge < -0.3 is 4.74 Å². The number of piperidine rings is 1. The number of esters is 1. The Kier molecular flexibility index (Phi) is 7.38. The van der Waals surface area contributed by atoms with E-state index in [0.29, 0.717) is 12.5 Å². The van der Waals surface area contributed by atoms with Crippen LogP contribution < -0.4 is 0 Å². The summed E-state index contributed by atoms with van der Waals surface area (Å²) in [5, 5.41) is 0. The molecule has 0 spiro atoms. The summed E-state index contributed by atoms with van der Waals surface area (Å²) >= 11 is 0. The highest BCUT2D eigenvalue weighted by molar-refractivity contribution is 7.89. The monoisotopic (exact) mass is 455 g/mol. The first-order chi connectivity index (χ1) is 14.7. The molecule has 9 heteroatoms. The van der Waals surface area contributed by atoms with Gasteiger partial charge in [-0.05, 0) is 49.4 Å². The molecule has 2 aromatic carbocycles. The Labute approximate surface area is 179 Å². The second kappa shape index (κ2) is 9.82.